The molecule has 0 aromatic heterocycles. The van der Waals surface area contributed by atoms with E-state index in [9.17, 15) is 13.2 Å². The zero-order chi connectivity index (χ0) is 22.8. The fourth-order valence-electron chi connectivity index (χ4n) is 3.76. The van der Waals surface area contributed by atoms with Gasteiger partial charge in [-0.2, -0.15) is 0 Å². The second kappa shape index (κ2) is 9.21. The highest BCUT2D eigenvalue weighted by atomic mass is 32.2. The number of hydrogen-bond acceptors (Lipinski definition) is 3. The Kier molecular flexibility index (Phi) is 7.35. The topological polar surface area (TPSA) is 66.5 Å². The Balaban J connectivity index is 2.38. The molecular weight excluding hydrogens is 396 g/mol. The lowest BCUT2D eigenvalue weighted by Gasteiger charge is -2.31. The minimum atomic E-state index is -3.65. The van der Waals surface area contributed by atoms with Crippen LogP contribution in [0.1, 0.15) is 59.7 Å². The third kappa shape index (κ3) is 5.22. The van der Waals surface area contributed by atoms with Crippen molar-refractivity contribution in [3.8, 4) is 0 Å². The maximum Gasteiger partial charge on any atom is 0.244 e. The van der Waals surface area contributed by atoms with E-state index < -0.39 is 16.1 Å². The Bertz CT molecular complexity index is 1040. The van der Waals surface area contributed by atoms with Crippen molar-refractivity contribution >= 4 is 21.6 Å². The van der Waals surface area contributed by atoms with Gasteiger partial charge in [-0.3, -0.25) is 9.10 Å². The van der Waals surface area contributed by atoms with E-state index >= 15 is 0 Å². The highest BCUT2D eigenvalue weighted by molar-refractivity contribution is 7.92. The average Bonchev–Trinajstić information content (AvgIpc) is 2.63. The number of carbonyl (C=O) groups excluding carboxylic acids is 1. The third-order valence-electron chi connectivity index (χ3n) is 5.78. The predicted octanol–water partition coefficient (Wildman–Crippen LogP) is 4.65. The summed E-state index contributed by atoms with van der Waals surface area (Å²) in [5, 5.41) is 3.04. The largest absolute Gasteiger partial charge is 0.348 e. The van der Waals surface area contributed by atoms with E-state index in [1.807, 2.05) is 53.7 Å². The van der Waals surface area contributed by atoms with Crippen LogP contribution in [0.4, 0.5) is 5.69 Å². The van der Waals surface area contributed by atoms with E-state index in [0.717, 1.165) is 34.1 Å². The molecule has 2 aromatic carbocycles. The first-order valence-electron chi connectivity index (χ1n) is 10.3. The number of aryl methyl sites for hydroxylation is 5. The van der Waals surface area contributed by atoms with E-state index in [4.69, 9.17) is 0 Å². The summed E-state index contributed by atoms with van der Waals surface area (Å²) >= 11 is 0. The third-order valence-corrected chi connectivity index (χ3v) is 6.96. The lowest BCUT2D eigenvalue weighted by atomic mass is 9.96. The predicted molar refractivity (Wildman–Crippen MR) is 125 cm³/mol. The van der Waals surface area contributed by atoms with Gasteiger partial charge in [0.25, 0.3) is 0 Å². The molecule has 164 valence electrons. The molecule has 0 radical (unpaired) electrons. The smallest absolute Gasteiger partial charge is 0.244 e. The molecule has 0 unspecified atom stereocenters. The summed E-state index contributed by atoms with van der Waals surface area (Å²) in [6.07, 6.45) is 1.51. The molecular formula is C24H34N2O3S. The molecule has 6 heteroatoms. The van der Waals surface area contributed by atoms with Crippen LogP contribution in [0.5, 0.6) is 0 Å². The first-order valence-corrected chi connectivity index (χ1v) is 12.2. The Morgan fingerprint density at radius 3 is 2.03 bits per heavy atom. The Morgan fingerprint density at radius 1 is 0.933 bits per heavy atom. The molecule has 0 saturated heterocycles. The molecule has 1 N–H and O–H groups in total. The summed E-state index contributed by atoms with van der Waals surface area (Å²) in [5.74, 6) is -0.300. The summed E-state index contributed by atoms with van der Waals surface area (Å²) in [4.78, 5) is 13.2. The van der Waals surface area contributed by atoms with Crippen molar-refractivity contribution in [1.82, 2.24) is 5.32 Å². The normalized spacial score (nSPS) is 13.6. The van der Waals surface area contributed by atoms with Gasteiger partial charge in [-0.1, -0.05) is 25.1 Å². The van der Waals surface area contributed by atoms with Gasteiger partial charge in [-0.05, 0) is 93.5 Å². The molecule has 30 heavy (non-hydrogen) atoms. The summed E-state index contributed by atoms with van der Waals surface area (Å²) in [5.41, 5.74) is 7.08. The second-order valence-corrected chi connectivity index (χ2v) is 10.1. The Morgan fingerprint density at radius 2 is 1.50 bits per heavy atom. The van der Waals surface area contributed by atoms with Crippen molar-refractivity contribution in [2.24, 2.45) is 0 Å². The highest BCUT2D eigenvalue weighted by Gasteiger charge is 2.32. The van der Waals surface area contributed by atoms with Crippen LogP contribution in [0.25, 0.3) is 0 Å². The van der Waals surface area contributed by atoms with Gasteiger partial charge in [0, 0.05) is 0 Å². The van der Waals surface area contributed by atoms with Crippen molar-refractivity contribution in [2.45, 2.75) is 67.0 Å². The van der Waals surface area contributed by atoms with Crippen LogP contribution >= 0.6 is 0 Å². The molecule has 2 aromatic rings. The molecule has 0 spiro atoms. The van der Waals surface area contributed by atoms with E-state index in [1.54, 1.807) is 6.07 Å². The summed E-state index contributed by atoms with van der Waals surface area (Å²) < 4.78 is 26.6. The van der Waals surface area contributed by atoms with Gasteiger partial charge < -0.3 is 5.32 Å². The second-order valence-electron chi connectivity index (χ2n) is 8.27. The number of rotatable bonds is 7. The quantitative estimate of drug-likeness (QED) is 0.695. The maximum atomic E-state index is 13.2. The van der Waals surface area contributed by atoms with Crippen molar-refractivity contribution in [2.75, 3.05) is 10.6 Å². The van der Waals surface area contributed by atoms with Crippen LogP contribution < -0.4 is 9.62 Å². The lowest BCUT2D eigenvalue weighted by Crippen LogP contribution is -2.49. The Labute approximate surface area is 181 Å². The molecule has 0 saturated carbocycles. The first-order chi connectivity index (χ1) is 13.9. The number of carbonyl (C=O) groups is 1. The summed E-state index contributed by atoms with van der Waals surface area (Å²) in [7, 11) is -3.65. The minimum Gasteiger partial charge on any atom is -0.348 e. The zero-order valence-corrected chi connectivity index (χ0v) is 20.1. The van der Waals surface area contributed by atoms with Gasteiger partial charge in [-0.25, -0.2) is 8.42 Å². The number of sulfonamides is 1. The number of anilines is 1. The van der Waals surface area contributed by atoms with Crippen LogP contribution in [0.3, 0.4) is 0 Å². The highest BCUT2D eigenvalue weighted by Crippen LogP contribution is 2.26. The maximum absolute atomic E-state index is 13.2. The van der Waals surface area contributed by atoms with Gasteiger partial charge in [0.15, 0.2) is 0 Å². The SMILES string of the molecule is CC[C@@H](C(=O)N[C@H](C)c1cc(C)c(C)cc1C)N(c1ccc(C)c(C)c1)S(C)(=O)=O. The molecule has 0 bridgehead atoms. The van der Waals surface area contributed by atoms with Crippen molar-refractivity contribution in [3.63, 3.8) is 0 Å². The number of nitrogens with zero attached hydrogens (tertiary/aromatic N) is 1. The Hall–Kier alpha value is -2.34. The van der Waals surface area contributed by atoms with Gasteiger partial charge in [0.05, 0.1) is 18.0 Å². The van der Waals surface area contributed by atoms with Gasteiger partial charge in [0.2, 0.25) is 15.9 Å². The lowest BCUT2D eigenvalue weighted by molar-refractivity contribution is -0.122. The molecule has 5 nitrogen and oxygen atoms in total. The molecule has 0 aliphatic carbocycles. The van der Waals surface area contributed by atoms with Crippen LogP contribution in [0.2, 0.25) is 0 Å². The molecule has 2 atom stereocenters. The van der Waals surface area contributed by atoms with E-state index in [1.165, 1.54) is 9.87 Å². The zero-order valence-electron chi connectivity index (χ0n) is 19.3. The van der Waals surface area contributed by atoms with Crippen LogP contribution in [-0.4, -0.2) is 26.6 Å². The van der Waals surface area contributed by atoms with Crippen molar-refractivity contribution in [3.05, 3.63) is 63.7 Å². The minimum absolute atomic E-state index is 0.230. The number of hydrogen-bond donors (Lipinski definition) is 1. The first kappa shape index (κ1) is 23.9. The van der Waals surface area contributed by atoms with Gasteiger partial charge in [-0.15, -0.1) is 0 Å². The number of amides is 1. The number of nitrogens with one attached hydrogen (secondary N) is 1. The van der Waals surface area contributed by atoms with E-state index in [2.05, 4.69) is 24.4 Å². The summed E-state index contributed by atoms with van der Waals surface area (Å²) in [6.45, 7) is 13.8. The average molecular weight is 431 g/mol. The van der Waals surface area contributed by atoms with Crippen molar-refractivity contribution in [1.29, 1.82) is 0 Å². The molecule has 0 aliphatic heterocycles. The van der Waals surface area contributed by atoms with Gasteiger partial charge >= 0.3 is 0 Å². The van der Waals surface area contributed by atoms with Crippen molar-refractivity contribution < 1.29 is 13.2 Å². The molecule has 0 fully saturated rings. The van der Waals surface area contributed by atoms with Crippen LogP contribution in [-0.2, 0) is 14.8 Å². The van der Waals surface area contributed by atoms with E-state index in [-0.39, 0.29) is 11.9 Å². The molecule has 2 rings (SSSR count). The fourth-order valence-corrected chi connectivity index (χ4v) is 4.96. The fraction of sp³-hybridized carbons (Fsp3) is 0.458. The van der Waals surface area contributed by atoms with Gasteiger partial charge in [0.1, 0.15) is 6.04 Å². The summed E-state index contributed by atoms with van der Waals surface area (Å²) in [6, 6.07) is 8.62. The van der Waals surface area contributed by atoms with Crippen LogP contribution in [0.15, 0.2) is 30.3 Å². The monoisotopic (exact) mass is 430 g/mol. The van der Waals surface area contributed by atoms with E-state index in [0.29, 0.717) is 12.1 Å². The molecule has 1 amide bonds. The molecule has 0 aliphatic rings. The standard InChI is InChI=1S/C24H34N2O3S/c1-9-23(26(30(8,28)29)21-11-10-15(2)17(4)13-21)24(27)25-20(7)22-14-18(5)16(3)12-19(22)6/h10-14,20,23H,9H2,1-8H3,(H,25,27)/t20-,23+/m1/s1. The number of benzene rings is 2. The molecule has 0 heterocycles. The van der Waals surface area contributed by atoms with Crippen LogP contribution in [0, 0.1) is 34.6 Å².